The maximum atomic E-state index is 14.8. The van der Waals surface area contributed by atoms with Gasteiger partial charge < -0.3 is 9.72 Å². The average Bonchev–Trinajstić information content (AvgIpc) is 3.27. The Hall–Kier alpha value is -3.33. The van der Waals surface area contributed by atoms with Gasteiger partial charge in [0.15, 0.2) is 17.1 Å². The Morgan fingerprint density at radius 1 is 1.13 bits per heavy atom. The van der Waals surface area contributed by atoms with Crippen molar-refractivity contribution in [3.05, 3.63) is 53.5 Å². The van der Waals surface area contributed by atoms with Crippen molar-refractivity contribution in [1.82, 2.24) is 34.2 Å². The van der Waals surface area contributed by atoms with Crippen LogP contribution in [0.3, 0.4) is 0 Å². The topological polar surface area (TPSA) is 79.8 Å². The fourth-order valence-corrected chi connectivity index (χ4v) is 3.98. The molecule has 0 aromatic carbocycles. The molecule has 31 heavy (non-hydrogen) atoms. The molecule has 8 nitrogen and oxygen atoms in total. The van der Waals surface area contributed by atoms with Crippen LogP contribution in [0.2, 0.25) is 0 Å². The Morgan fingerprint density at radius 2 is 1.90 bits per heavy atom. The first kappa shape index (κ1) is 19.6. The minimum atomic E-state index is -0.507. The number of nitrogens with one attached hydrogen (secondary N) is 1. The summed E-state index contributed by atoms with van der Waals surface area (Å²) < 4.78 is 18.1. The van der Waals surface area contributed by atoms with Crippen molar-refractivity contribution in [2.45, 2.75) is 39.8 Å². The molecule has 1 aliphatic heterocycles. The molecule has 0 saturated carbocycles. The zero-order valence-corrected chi connectivity index (χ0v) is 17.9. The van der Waals surface area contributed by atoms with Crippen LogP contribution in [0.4, 0.5) is 4.39 Å². The highest BCUT2D eigenvalue weighted by Crippen LogP contribution is 2.23. The Kier molecular flexibility index (Phi) is 4.51. The first-order valence-corrected chi connectivity index (χ1v) is 10.4. The molecule has 4 aromatic heterocycles. The minimum absolute atomic E-state index is 0.0951. The molecule has 0 bridgehead atoms. The fraction of sp³-hybridized carbons (Fsp3) is 0.364. The highest BCUT2D eigenvalue weighted by molar-refractivity contribution is 5.93. The summed E-state index contributed by atoms with van der Waals surface area (Å²) in [5, 5.41) is 7.54. The quantitative estimate of drug-likeness (QED) is 0.548. The van der Waals surface area contributed by atoms with E-state index in [4.69, 9.17) is 0 Å². The second kappa shape index (κ2) is 7.12. The SMILES string of the molecule is Cc1cn2nc(-c3cc(F)c4nc(C(=O)NC5CN(C(C)C)C5)cn4c3)cc(C)c2n1. The number of aryl methyl sites for hydroxylation is 2. The van der Waals surface area contributed by atoms with E-state index in [1.54, 1.807) is 21.3 Å². The number of rotatable bonds is 4. The summed E-state index contributed by atoms with van der Waals surface area (Å²) in [6, 6.07) is 3.83. The van der Waals surface area contributed by atoms with Crippen LogP contribution in [0, 0.1) is 19.7 Å². The number of carbonyl (C=O) groups excluding carboxylic acids is 1. The predicted octanol–water partition coefficient (Wildman–Crippen LogP) is 2.62. The monoisotopic (exact) mass is 421 g/mol. The first-order valence-electron chi connectivity index (χ1n) is 10.4. The third kappa shape index (κ3) is 3.44. The van der Waals surface area contributed by atoms with E-state index in [9.17, 15) is 9.18 Å². The van der Waals surface area contributed by atoms with Crippen LogP contribution in [-0.4, -0.2) is 60.0 Å². The molecule has 5 rings (SSSR count). The lowest BCUT2D eigenvalue weighted by Gasteiger charge is -2.42. The smallest absolute Gasteiger partial charge is 0.271 e. The second-order valence-electron chi connectivity index (χ2n) is 8.51. The van der Waals surface area contributed by atoms with Gasteiger partial charge in [0.1, 0.15) is 5.69 Å². The Bertz CT molecular complexity index is 1320. The summed E-state index contributed by atoms with van der Waals surface area (Å²) in [6.45, 7) is 9.74. The number of imidazole rings is 2. The maximum Gasteiger partial charge on any atom is 0.271 e. The normalized spacial score (nSPS) is 15.2. The van der Waals surface area contributed by atoms with Crippen molar-refractivity contribution in [2.24, 2.45) is 0 Å². The number of nitrogens with zero attached hydrogens (tertiary/aromatic N) is 6. The van der Waals surface area contributed by atoms with E-state index in [0.29, 0.717) is 17.3 Å². The molecule has 1 aliphatic rings. The molecule has 0 radical (unpaired) electrons. The summed E-state index contributed by atoms with van der Waals surface area (Å²) in [7, 11) is 0. The second-order valence-corrected chi connectivity index (χ2v) is 8.51. The van der Waals surface area contributed by atoms with E-state index in [-0.39, 0.29) is 23.3 Å². The van der Waals surface area contributed by atoms with E-state index in [1.165, 1.54) is 6.07 Å². The lowest BCUT2D eigenvalue weighted by atomic mass is 10.1. The molecule has 160 valence electrons. The van der Waals surface area contributed by atoms with Gasteiger partial charge in [0.05, 0.1) is 23.6 Å². The zero-order valence-electron chi connectivity index (χ0n) is 17.9. The third-order valence-electron chi connectivity index (χ3n) is 5.74. The van der Waals surface area contributed by atoms with Crippen LogP contribution >= 0.6 is 0 Å². The van der Waals surface area contributed by atoms with Crippen molar-refractivity contribution in [3.63, 3.8) is 0 Å². The number of fused-ring (bicyclic) bond motifs is 2. The minimum Gasteiger partial charge on any atom is -0.345 e. The highest BCUT2D eigenvalue weighted by Gasteiger charge is 2.30. The van der Waals surface area contributed by atoms with Crippen LogP contribution in [0.25, 0.3) is 22.6 Å². The Morgan fingerprint density at radius 3 is 2.65 bits per heavy atom. The standard InChI is InChI=1S/C22H24FN7O/c1-12(2)28-9-16(10-28)25-22(31)19-11-29-8-15(6-17(23)21(29)26-19)18-5-13(3)20-24-14(4)7-30(20)27-18/h5-8,11-12,16H,9-10H2,1-4H3,(H,25,31). The van der Waals surface area contributed by atoms with Crippen LogP contribution < -0.4 is 5.32 Å². The predicted molar refractivity (Wildman–Crippen MR) is 115 cm³/mol. The van der Waals surface area contributed by atoms with Crippen LogP contribution in [0.5, 0.6) is 0 Å². The molecule has 4 aromatic rings. The van der Waals surface area contributed by atoms with Gasteiger partial charge in [-0.05, 0) is 45.4 Å². The molecular weight excluding hydrogens is 397 g/mol. The molecule has 5 heterocycles. The number of pyridine rings is 1. The molecule has 0 atom stereocenters. The van der Waals surface area contributed by atoms with Crippen LogP contribution in [0.1, 0.15) is 35.6 Å². The van der Waals surface area contributed by atoms with E-state index in [1.807, 2.05) is 26.1 Å². The van der Waals surface area contributed by atoms with Gasteiger partial charge >= 0.3 is 0 Å². The van der Waals surface area contributed by atoms with E-state index >= 15 is 0 Å². The molecule has 0 aliphatic carbocycles. The molecule has 1 fully saturated rings. The van der Waals surface area contributed by atoms with E-state index in [0.717, 1.165) is 30.0 Å². The zero-order chi connectivity index (χ0) is 21.9. The van der Waals surface area contributed by atoms with E-state index < -0.39 is 5.82 Å². The fourth-order valence-electron chi connectivity index (χ4n) is 3.98. The van der Waals surface area contributed by atoms with Crippen molar-refractivity contribution in [2.75, 3.05) is 13.1 Å². The van der Waals surface area contributed by atoms with Gasteiger partial charge in [0, 0.05) is 37.1 Å². The van der Waals surface area contributed by atoms with Gasteiger partial charge in [-0.2, -0.15) is 5.10 Å². The van der Waals surface area contributed by atoms with Crippen molar-refractivity contribution in [3.8, 4) is 11.3 Å². The lowest BCUT2D eigenvalue weighted by molar-refractivity contribution is 0.0710. The number of likely N-dealkylation sites (tertiary alicyclic amines) is 1. The van der Waals surface area contributed by atoms with Crippen molar-refractivity contribution < 1.29 is 9.18 Å². The molecule has 0 spiro atoms. The number of hydrogen-bond donors (Lipinski definition) is 1. The Labute approximate surface area is 178 Å². The highest BCUT2D eigenvalue weighted by atomic mass is 19.1. The maximum absolute atomic E-state index is 14.8. The molecule has 1 N–H and O–H groups in total. The molecule has 9 heteroatoms. The van der Waals surface area contributed by atoms with Gasteiger partial charge in [-0.15, -0.1) is 0 Å². The summed E-state index contributed by atoms with van der Waals surface area (Å²) in [5.74, 6) is -0.796. The number of halogens is 1. The van der Waals surface area contributed by atoms with Gasteiger partial charge in [-0.1, -0.05) is 0 Å². The summed E-state index contributed by atoms with van der Waals surface area (Å²) in [5.41, 5.74) is 4.11. The van der Waals surface area contributed by atoms with Gasteiger partial charge in [0.25, 0.3) is 5.91 Å². The van der Waals surface area contributed by atoms with Crippen LogP contribution in [-0.2, 0) is 0 Å². The molecule has 1 saturated heterocycles. The third-order valence-corrected chi connectivity index (χ3v) is 5.74. The number of amides is 1. The number of aromatic nitrogens is 5. The average molecular weight is 421 g/mol. The van der Waals surface area contributed by atoms with Crippen molar-refractivity contribution in [1.29, 1.82) is 0 Å². The lowest BCUT2D eigenvalue weighted by Crippen LogP contribution is -2.61. The summed E-state index contributed by atoms with van der Waals surface area (Å²) in [4.78, 5) is 23.5. The summed E-state index contributed by atoms with van der Waals surface area (Å²) in [6.07, 6.45) is 5.13. The first-order chi connectivity index (χ1) is 14.8. The molecule has 0 unspecified atom stereocenters. The molecule has 1 amide bonds. The van der Waals surface area contributed by atoms with Crippen LogP contribution in [0.15, 0.2) is 30.7 Å². The Balaban J connectivity index is 1.44. The van der Waals surface area contributed by atoms with Gasteiger partial charge in [-0.3, -0.25) is 9.69 Å². The van der Waals surface area contributed by atoms with E-state index in [2.05, 4.69) is 39.1 Å². The number of hydrogen-bond acceptors (Lipinski definition) is 5. The van der Waals surface area contributed by atoms with Gasteiger partial charge in [-0.25, -0.2) is 18.9 Å². The number of carbonyl (C=O) groups is 1. The van der Waals surface area contributed by atoms with Gasteiger partial charge in [0.2, 0.25) is 0 Å². The molecular formula is C22H24FN7O. The summed E-state index contributed by atoms with van der Waals surface area (Å²) >= 11 is 0. The van der Waals surface area contributed by atoms with Crippen molar-refractivity contribution >= 4 is 17.2 Å². The largest absolute Gasteiger partial charge is 0.345 e.